The van der Waals surface area contributed by atoms with Crippen molar-refractivity contribution in [2.45, 2.75) is 0 Å². The molecule has 2 rings (SSSR count). The molecule has 1 heterocycles. The molecule has 0 spiro atoms. The predicted molar refractivity (Wildman–Crippen MR) is 56.8 cm³/mol. The van der Waals surface area contributed by atoms with Gasteiger partial charge in [-0.05, 0) is 23.3 Å². The third kappa shape index (κ3) is 1.96. The largest absolute Gasteiger partial charge is 0.288 e. The zero-order valence-corrected chi connectivity index (χ0v) is 8.86. The van der Waals surface area contributed by atoms with E-state index in [2.05, 4.69) is 26.2 Å². The molecular weight excluding hydrogens is 244 g/mol. The smallest absolute Gasteiger partial charge is 0.266 e. The third-order valence-corrected chi connectivity index (χ3v) is 2.40. The van der Waals surface area contributed by atoms with Crippen LogP contribution in [0.15, 0.2) is 45.0 Å². The second-order valence-corrected chi connectivity index (χ2v) is 3.83. The van der Waals surface area contributed by atoms with Crippen molar-refractivity contribution in [1.29, 1.82) is 0 Å². The van der Waals surface area contributed by atoms with Gasteiger partial charge in [0.2, 0.25) is 0 Å². The van der Waals surface area contributed by atoms with E-state index in [0.717, 1.165) is 15.6 Å². The minimum absolute atomic E-state index is 0.286. The molecule has 1 amide bonds. The molecule has 14 heavy (non-hydrogen) atoms. The van der Waals surface area contributed by atoms with Gasteiger partial charge in [-0.1, -0.05) is 28.1 Å². The van der Waals surface area contributed by atoms with Crippen LogP contribution >= 0.6 is 15.9 Å². The number of benzene rings is 1. The van der Waals surface area contributed by atoms with Crippen molar-refractivity contribution in [3.05, 3.63) is 40.4 Å². The molecule has 0 saturated carbocycles. The van der Waals surface area contributed by atoms with Crippen LogP contribution in [0.25, 0.3) is 5.57 Å². The van der Waals surface area contributed by atoms with Gasteiger partial charge in [0.25, 0.3) is 5.91 Å². The molecule has 1 aromatic rings. The second-order valence-electron chi connectivity index (χ2n) is 2.92. The molecule has 0 radical (unpaired) electrons. The maximum absolute atomic E-state index is 11.0. The molecule has 0 bridgehead atoms. The summed E-state index contributed by atoms with van der Waals surface area (Å²) in [7, 11) is 0. The van der Waals surface area contributed by atoms with Crippen LogP contribution in [0, 0.1) is 0 Å². The average Bonchev–Trinajstić information content (AvgIpc) is 2.18. The predicted octanol–water partition coefficient (Wildman–Crippen LogP) is 2.82. The Balaban J connectivity index is 2.36. The van der Waals surface area contributed by atoms with Gasteiger partial charge in [-0.25, -0.2) is 0 Å². The maximum atomic E-state index is 11.0. The van der Waals surface area contributed by atoms with E-state index < -0.39 is 0 Å². The Hall–Kier alpha value is -1.29. The van der Waals surface area contributed by atoms with Crippen molar-refractivity contribution < 1.29 is 4.79 Å². The average molecular weight is 251 g/mol. The van der Waals surface area contributed by atoms with Gasteiger partial charge in [0.05, 0.1) is 6.54 Å². The topological polar surface area (TPSA) is 41.8 Å². The number of rotatable bonds is 1. The number of carbonyl (C=O) groups is 1. The van der Waals surface area contributed by atoms with E-state index >= 15 is 0 Å². The number of amides is 1. The molecule has 0 unspecified atom stereocenters. The lowest BCUT2D eigenvalue weighted by atomic mass is 10.1. The van der Waals surface area contributed by atoms with Crippen LogP contribution in [-0.4, -0.2) is 12.5 Å². The van der Waals surface area contributed by atoms with Crippen molar-refractivity contribution in [2.24, 2.45) is 10.2 Å². The Bertz CT molecular complexity index is 438. The lowest BCUT2D eigenvalue weighted by Crippen LogP contribution is -1.99. The van der Waals surface area contributed by atoms with Crippen LogP contribution in [0.1, 0.15) is 5.56 Å². The fourth-order valence-electron chi connectivity index (χ4n) is 1.27. The Morgan fingerprint density at radius 1 is 1.36 bits per heavy atom. The summed E-state index contributed by atoms with van der Waals surface area (Å²) in [5.41, 5.74) is 1.91. The third-order valence-electron chi connectivity index (χ3n) is 1.90. The van der Waals surface area contributed by atoms with Crippen molar-refractivity contribution in [1.82, 2.24) is 0 Å². The molecule has 0 fully saturated rings. The van der Waals surface area contributed by atoms with Gasteiger partial charge < -0.3 is 0 Å². The SMILES string of the molecule is O=C1C=C(c2cccc(Br)c2)CN=N1. The molecule has 70 valence electrons. The maximum Gasteiger partial charge on any atom is 0.288 e. The molecule has 3 nitrogen and oxygen atoms in total. The molecule has 0 aromatic heterocycles. The minimum Gasteiger partial charge on any atom is -0.266 e. The summed E-state index contributed by atoms with van der Waals surface area (Å²) < 4.78 is 0.992. The number of hydrogen-bond donors (Lipinski definition) is 0. The first-order chi connectivity index (χ1) is 6.75. The van der Waals surface area contributed by atoms with Gasteiger partial charge in [0, 0.05) is 10.5 Å². The number of hydrogen-bond acceptors (Lipinski definition) is 2. The van der Waals surface area contributed by atoms with Crippen LogP contribution in [-0.2, 0) is 4.79 Å². The highest BCUT2D eigenvalue weighted by Gasteiger charge is 2.08. The van der Waals surface area contributed by atoms with Gasteiger partial charge in [0.15, 0.2) is 0 Å². The van der Waals surface area contributed by atoms with E-state index in [9.17, 15) is 4.79 Å². The van der Waals surface area contributed by atoms with Crippen molar-refractivity contribution >= 4 is 27.4 Å². The van der Waals surface area contributed by atoms with Crippen LogP contribution in [0.3, 0.4) is 0 Å². The first-order valence-corrected chi connectivity index (χ1v) is 4.93. The van der Waals surface area contributed by atoms with Gasteiger partial charge >= 0.3 is 0 Å². The van der Waals surface area contributed by atoms with E-state index in [4.69, 9.17) is 0 Å². The van der Waals surface area contributed by atoms with Gasteiger partial charge in [-0.15, -0.1) is 5.11 Å². The Labute approximate surface area is 89.7 Å². The summed E-state index contributed by atoms with van der Waals surface area (Å²) in [5.74, 6) is -0.286. The van der Waals surface area contributed by atoms with Crippen molar-refractivity contribution in [2.75, 3.05) is 6.54 Å². The van der Waals surface area contributed by atoms with Gasteiger partial charge in [-0.2, -0.15) is 5.11 Å². The van der Waals surface area contributed by atoms with Crippen LogP contribution in [0.5, 0.6) is 0 Å². The fraction of sp³-hybridized carbons (Fsp3) is 0.100. The molecule has 1 aromatic carbocycles. The summed E-state index contributed by atoms with van der Waals surface area (Å²) in [6.45, 7) is 0.474. The fourth-order valence-corrected chi connectivity index (χ4v) is 1.67. The molecule has 0 aliphatic carbocycles. The lowest BCUT2D eigenvalue weighted by molar-refractivity contribution is -0.114. The number of nitrogens with zero attached hydrogens (tertiary/aromatic N) is 2. The number of carbonyl (C=O) groups excluding carboxylic acids is 1. The zero-order chi connectivity index (χ0) is 9.97. The van der Waals surface area contributed by atoms with E-state index in [0.29, 0.717) is 6.54 Å². The minimum atomic E-state index is -0.286. The van der Waals surface area contributed by atoms with Crippen LogP contribution < -0.4 is 0 Å². The highest BCUT2D eigenvalue weighted by atomic mass is 79.9. The molecule has 4 heteroatoms. The Morgan fingerprint density at radius 2 is 2.21 bits per heavy atom. The Morgan fingerprint density at radius 3 is 2.93 bits per heavy atom. The summed E-state index contributed by atoms with van der Waals surface area (Å²) in [6.07, 6.45) is 1.52. The van der Waals surface area contributed by atoms with Crippen LogP contribution in [0.4, 0.5) is 0 Å². The summed E-state index contributed by atoms with van der Waals surface area (Å²) in [5, 5.41) is 7.16. The van der Waals surface area contributed by atoms with Crippen molar-refractivity contribution in [3.63, 3.8) is 0 Å². The molecule has 1 aliphatic heterocycles. The highest BCUT2D eigenvalue weighted by Crippen LogP contribution is 2.21. The van der Waals surface area contributed by atoms with Crippen LogP contribution in [0.2, 0.25) is 0 Å². The molecule has 0 atom stereocenters. The van der Waals surface area contributed by atoms with Crippen molar-refractivity contribution in [3.8, 4) is 0 Å². The number of halogens is 1. The van der Waals surface area contributed by atoms with E-state index in [-0.39, 0.29) is 5.91 Å². The first kappa shape index (κ1) is 9.27. The summed E-state index contributed by atoms with van der Waals surface area (Å²) >= 11 is 3.38. The molecular formula is C10H7BrN2O. The van der Waals surface area contributed by atoms with E-state index in [1.165, 1.54) is 6.08 Å². The summed E-state index contributed by atoms with van der Waals surface area (Å²) in [6, 6.07) is 7.78. The second kappa shape index (κ2) is 3.84. The zero-order valence-electron chi connectivity index (χ0n) is 7.27. The highest BCUT2D eigenvalue weighted by molar-refractivity contribution is 9.10. The normalized spacial score (nSPS) is 15.5. The van der Waals surface area contributed by atoms with E-state index in [1.807, 2.05) is 24.3 Å². The standard InChI is InChI=1S/C10H7BrN2O/c11-9-3-1-2-7(4-9)8-5-10(14)13-12-6-8/h1-5H,6H2. The van der Waals surface area contributed by atoms with Gasteiger partial charge in [-0.3, -0.25) is 4.79 Å². The molecule has 0 saturated heterocycles. The quantitative estimate of drug-likeness (QED) is 0.756. The Kier molecular flexibility index (Phi) is 2.54. The number of azo groups is 1. The molecule has 0 N–H and O–H groups in total. The first-order valence-electron chi connectivity index (χ1n) is 4.14. The summed E-state index contributed by atoms with van der Waals surface area (Å²) in [4.78, 5) is 11.0. The molecule has 1 aliphatic rings. The van der Waals surface area contributed by atoms with Gasteiger partial charge in [0.1, 0.15) is 0 Å². The monoisotopic (exact) mass is 250 g/mol. The van der Waals surface area contributed by atoms with E-state index in [1.54, 1.807) is 0 Å². The lowest BCUT2D eigenvalue weighted by Gasteiger charge is -2.06.